The molecule has 1 saturated carbocycles. The van der Waals surface area contributed by atoms with Gasteiger partial charge >= 0.3 is 0 Å². The van der Waals surface area contributed by atoms with Crippen LogP contribution in [0.25, 0.3) is 0 Å². The van der Waals surface area contributed by atoms with Gasteiger partial charge in [0.05, 0.1) is 6.10 Å². The molecule has 0 radical (unpaired) electrons. The highest BCUT2D eigenvalue weighted by atomic mass is 16.5. The molecule has 2 rings (SSSR count). The van der Waals surface area contributed by atoms with Crippen molar-refractivity contribution in [1.82, 2.24) is 10.2 Å². The second-order valence-corrected chi connectivity index (χ2v) is 5.86. The molecule has 0 spiro atoms. The molecule has 0 aromatic carbocycles. The van der Waals surface area contributed by atoms with Gasteiger partial charge in [-0.1, -0.05) is 0 Å². The minimum atomic E-state index is 0.304. The first-order chi connectivity index (χ1) is 7.63. The van der Waals surface area contributed by atoms with Crippen molar-refractivity contribution in [2.24, 2.45) is 0 Å². The highest BCUT2D eigenvalue weighted by molar-refractivity contribution is 4.94. The summed E-state index contributed by atoms with van der Waals surface area (Å²) in [7, 11) is 1.86. The smallest absolute Gasteiger partial charge is 0.0586 e. The summed E-state index contributed by atoms with van der Waals surface area (Å²) in [5, 5.41) is 3.50. The maximum Gasteiger partial charge on any atom is 0.0586 e. The summed E-state index contributed by atoms with van der Waals surface area (Å²) in [6, 6.07) is 0.732. The Morgan fingerprint density at radius 1 is 1.31 bits per heavy atom. The van der Waals surface area contributed by atoms with Gasteiger partial charge in [-0.05, 0) is 39.5 Å². The lowest BCUT2D eigenvalue weighted by atomic mass is 9.87. The van der Waals surface area contributed by atoms with Crippen molar-refractivity contribution in [3.63, 3.8) is 0 Å². The van der Waals surface area contributed by atoms with Crippen LogP contribution in [-0.2, 0) is 4.74 Å². The third kappa shape index (κ3) is 2.58. The van der Waals surface area contributed by atoms with E-state index in [0.29, 0.717) is 11.6 Å². The maximum absolute atomic E-state index is 5.54. The van der Waals surface area contributed by atoms with Gasteiger partial charge in [-0.3, -0.25) is 4.90 Å². The third-order valence-corrected chi connectivity index (χ3v) is 4.24. The fourth-order valence-corrected chi connectivity index (χ4v) is 3.29. The molecule has 0 aromatic rings. The van der Waals surface area contributed by atoms with Crippen LogP contribution in [0.1, 0.15) is 39.5 Å². The number of nitrogens with zero attached hydrogens (tertiary/aromatic N) is 1. The zero-order valence-corrected chi connectivity index (χ0v) is 11.0. The van der Waals surface area contributed by atoms with E-state index in [9.17, 15) is 0 Å². The first-order valence-corrected chi connectivity index (χ1v) is 6.64. The SMILES string of the molecule is COC1CCCC(N2CCNCC2(C)C)C1. The highest BCUT2D eigenvalue weighted by Gasteiger charge is 2.36. The van der Waals surface area contributed by atoms with E-state index in [1.165, 1.54) is 32.2 Å². The molecule has 0 amide bonds. The molecule has 2 atom stereocenters. The number of methoxy groups -OCH3 is 1. The van der Waals surface area contributed by atoms with Crippen LogP contribution in [0.2, 0.25) is 0 Å². The van der Waals surface area contributed by atoms with Crippen LogP contribution in [0.4, 0.5) is 0 Å². The van der Waals surface area contributed by atoms with Gasteiger partial charge in [0.15, 0.2) is 0 Å². The predicted molar refractivity (Wildman–Crippen MR) is 66.7 cm³/mol. The summed E-state index contributed by atoms with van der Waals surface area (Å²) in [6.07, 6.45) is 5.63. The van der Waals surface area contributed by atoms with Gasteiger partial charge < -0.3 is 10.1 Å². The van der Waals surface area contributed by atoms with E-state index >= 15 is 0 Å². The highest BCUT2D eigenvalue weighted by Crippen LogP contribution is 2.30. The fourth-order valence-electron chi connectivity index (χ4n) is 3.29. The van der Waals surface area contributed by atoms with Gasteiger partial charge in [-0.15, -0.1) is 0 Å². The maximum atomic E-state index is 5.54. The third-order valence-electron chi connectivity index (χ3n) is 4.24. The van der Waals surface area contributed by atoms with Crippen molar-refractivity contribution in [3.8, 4) is 0 Å². The Kier molecular flexibility index (Phi) is 3.88. The Morgan fingerprint density at radius 2 is 2.12 bits per heavy atom. The van der Waals surface area contributed by atoms with Gasteiger partial charge in [0.1, 0.15) is 0 Å². The largest absolute Gasteiger partial charge is 0.381 e. The first-order valence-electron chi connectivity index (χ1n) is 6.64. The molecule has 1 N–H and O–H groups in total. The van der Waals surface area contributed by atoms with Crippen LogP contribution < -0.4 is 5.32 Å². The molecule has 1 aliphatic carbocycles. The predicted octanol–water partition coefficient (Wildman–Crippen LogP) is 1.63. The molecule has 1 saturated heterocycles. The van der Waals surface area contributed by atoms with E-state index in [0.717, 1.165) is 19.1 Å². The average Bonchev–Trinajstić information content (AvgIpc) is 2.28. The molecule has 3 heteroatoms. The number of hydrogen-bond donors (Lipinski definition) is 1. The average molecular weight is 226 g/mol. The molecule has 2 fully saturated rings. The Labute approximate surface area is 99.5 Å². The van der Waals surface area contributed by atoms with Crippen LogP contribution >= 0.6 is 0 Å². The molecule has 3 nitrogen and oxygen atoms in total. The van der Waals surface area contributed by atoms with Gasteiger partial charge in [0.25, 0.3) is 0 Å². The Hall–Kier alpha value is -0.120. The Bertz CT molecular complexity index is 230. The molecule has 1 aliphatic heterocycles. The molecular formula is C13H26N2O. The molecule has 1 heterocycles. The standard InChI is InChI=1S/C13H26N2O/c1-13(2)10-14-7-8-15(13)11-5-4-6-12(9-11)16-3/h11-12,14H,4-10H2,1-3H3. The van der Waals surface area contributed by atoms with Crippen molar-refractivity contribution in [3.05, 3.63) is 0 Å². The first kappa shape index (κ1) is 12.3. The zero-order chi connectivity index (χ0) is 11.6. The molecule has 2 aliphatic rings. The summed E-state index contributed by atoms with van der Waals surface area (Å²) in [4.78, 5) is 2.70. The van der Waals surface area contributed by atoms with Crippen LogP contribution in [0.15, 0.2) is 0 Å². The summed E-state index contributed by atoms with van der Waals surface area (Å²) < 4.78 is 5.54. The van der Waals surface area contributed by atoms with Crippen LogP contribution in [0.3, 0.4) is 0 Å². The zero-order valence-electron chi connectivity index (χ0n) is 11.0. The van der Waals surface area contributed by atoms with Gasteiger partial charge in [-0.2, -0.15) is 0 Å². The quantitative estimate of drug-likeness (QED) is 0.774. The summed E-state index contributed by atoms with van der Waals surface area (Å²) in [5.41, 5.74) is 0.304. The van der Waals surface area contributed by atoms with Gasteiger partial charge in [0.2, 0.25) is 0 Å². The van der Waals surface area contributed by atoms with E-state index in [-0.39, 0.29) is 0 Å². The second kappa shape index (κ2) is 5.03. The minimum absolute atomic E-state index is 0.304. The van der Waals surface area contributed by atoms with Crippen molar-refractivity contribution in [2.45, 2.75) is 57.2 Å². The van der Waals surface area contributed by atoms with Gasteiger partial charge in [0, 0.05) is 38.3 Å². The summed E-state index contributed by atoms with van der Waals surface area (Å²) in [6.45, 7) is 8.15. The molecule has 0 aromatic heterocycles. The summed E-state index contributed by atoms with van der Waals surface area (Å²) in [5.74, 6) is 0. The monoisotopic (exact) mass is 226 g/mol. The second-order valence-electron chi connectivity index (χ2n) is 5.86. The lowest BCUT2D eigenvalue weighted by Crippen LogP contribution is -2.62. The van der Waals surface area contributed by atoms with Crippen molar-refractivity contribution >= 4 is 0 Å². The lowest BCUT2D eigenvalue weighted by Gasteiger charge is -2.49. The molecule has 0 bridgehead atoms. The fraction of sp³-hybridized carbons (Fsp3) is 1.00. The van der Waals surface area contributed by atoms with E-state index in [1.54, 1.807) is 0 Å². The van der Waals surface area contributed by atoms with Crippen molar-refractivity contribution in [2.75, 3.05) is 26.7 Å². The van der Waals surface area contributed by atoms with Crippen LogP contribution in [0, 0.1) is 0 Å². The number of hydrogen-bond acceptors (Lipinski definition) is 3. The van der Waals surface area contributed by atoms with Crippen molar-refractivity contribution < 1.29 is 4.74 Å². The van der Waals surface area contributed by atoms with E-state index < -0.39 is 0 Å². The normalized spacial score (nSPS) is 36.2. The van der Waals surface area contributed by atoms with E-state index in [4.69, 9.17) is 4.74 Å². The van der Waals surface area contributed by atoms with Crippen molar-refractivity contribution in [1.29, 1.82) is 0 Å². The molecule has 94 valence electrons. The number of rotatable bonds is 2. The number of piperazine rings is 1. The van der Waals surface area contributed by atoms with Crippen LogP contribution in [-0.4, -0.2) is 49.3 Å². The summed E-state index contributed by atoms with van der Waals surface area (Å²) >= 11 is 0. The van der Waals surface area contributed by atoms with Crippen LogP contribution in [0.5, 0.6) is 0 Å². The number of ether oxygens (including phenoxy) is 1. The Morgan fingerprint density at radius 3 is 2.81 bits per heavy atom. The topological polar surface area (TPSA) is 24.5 Å². The molecular weight excluding hydrogens is 200 g/mol. The lowest BCUT2D eigenvalue weighted by molar-refractivity contribution is -0.0172. The van der Waals surface area contributed by atoms with E-state index in [1.807, 2.05) is 7.11 Å². The minimum Gasteiger partial charge on any atom is -0.381 e. The van der Waals surface area contributed by atoms with E-state index in [2.05, 4.69) is 24.1 Å². The molecule has 2 unspecified atom stereocenters. The molecule has 16 heavy (non-hydrogen) atoms. The number of nitrogens with one attached hydrogen (secondary N) is 1. The Balaban J connectivity index is 1.99. The van der Waals surface area contributed by atoms with Gasteiger partial charge in [-0.25, -0.2) is 0 Å².